The highest BCUT2D eigenvalue weighted by atomic mass is 32.2. The summed E-state index contributed by atoms with van der Waals surface area (Å²) >= 11 is 0. The summed E-state index contributed by atoms with van der Waals surface area (Å²) in [6.07, 6.45) is 5.06. The zero-order valence-corrected chi connectivity index (χ0v) is 13.4. The van der Waals surface area contributed by atoms with Crippen LogP contribution in [0.4, 0.5) is 4.39 Å². The average molecular weight is 335 g/mol. The smallest absolute Gasteiger partial charge is 0.215 e. The molecule has 3 rings (SSSR count). The van der Waals surface area contributed by atoms with E-state index < -0.39 is 10.0 Å². The molecule has 23 heavy (non-hydrogen) atoms. The summed E-state index contributed by atoms with van der Waals surface area (Å²) in [7, 11) is -3.44. The molecule has 0 N–H and O–H groups in total. The second-order valence-corrected chi connectivity index (χ2v) is 7.61. The summed E-state index contributed by atoms with van der Waals surface area (Å²) in [5.41, 5.74) is 0.681. The number of halogens is 1. The lowest BCUT2D eigenvalue weighted by atomic mass is 10.2. The Kier molecular flexibility index (Phi) is 4.68. The van der Waals surface area contributed by atoms with Crippen LogP contribution >= 0.6 is 0 Å². The van der Waals surface area contributed by atoms with Gasteiger partial charge in [0.15, 0.2) is 0 Å². The van der Waals surface area contributed by atoms with Crippen molar-refractivity contribution in [2.45, 2.75) is 25.3 Å². The summed E-state index contributed by atoms with van der Waals surface area (Å²) in [4.78, 5) is 8.38. The average Bonchev–Trinajstić information content (AvgIpc) is 3.05. The first kappa shape index (κ1) is 16.0. The molecule has 1 fully saturated rings. The Balaban J connectivity index is 1.73. The van der Waals surface area contributed by atoms with E-state index in [1.165, 1.54) is 16.4 Å². The van der Waals surface area contributed by atoms with Crippen LogP contribution in [-0.4, -0.2) is 35.0 Å². The first-order chi connectivity index (χ1) is 11.1. The molecule has 1 aromatic heterocycles. The quantitative estimate of drug-likeness (QED) is 0.841. The molecule has 122 valence electrons. The van der Waals surface area contributed by atoms with E-state index in [1.807, 2.05) is 0 Å². The summed E-state index contributed by atoms with van der Waals surface area (Å²) in [6, 6.07) is 7.46. The molecule has 2 aromatic rings. The molecule has 7 heteroatoms. The predicted molar refractivity (Wildman–Crippen MR) is 84.6 cm³/mol. The van der Waals surface area contributed by atoms with E-state index in [4.69, 9.17) is 0 Å². The predicted octanol–water partition coefficient (Wildman–Crippen LogP) is 2.33. The van der Waals surface area contributed by atoms with Gasteiger partial charge in [0.05, 0.1) is 11.8 Å². The minimum atomic E-state index is -3.44. The highest BCUT2D eigenvalue weighted by molar-refractivity contribution is 7.89. The van der Waals surface area contributed by atoms with Crippen molar-refractivity contribution in [2.24, 2.45) is 0 Å². The van der Waals surface area contributed by atoms with Gasteiger partial charge in [-0.25, -0.2) is 22.8 Å². The third-order valence-electron chi connectivity index (χ3n) is 3.98. The Hall–Kier alpha value is -1.86. The van der Waals surface area contributed by atoms with Crippen molar-refractivity contribution in [3.8, 4) is 0 Å². The number of aromatic nitrogens is 2. The normalized spacial score (nSPS) is 19.1. The van der Waals surface area contributed by atoms with Gasteiger partial charge >= 0.3 is 0 Å². The lowest BCUT2D eigenvalue weighted by Gasteiger charge is -2.22. The fourth-order valence-electron chi connectivity index (χ4n) is 2.87. The Morgan fingerprint density at radius 3 is 2.74 bits per heavy atom. The van der Waals surface area contributed by atoms with Gasteiger partial charge in [-0.2, -0.15) is 4.31 Å². The monoisotopic (exact) mass is 335 g/mol. The van der Waals surface area contributed by atoms with Crippen molar-refractivity contribution in [3.05, 3.63) is 59.9 Å². The first-order valence-corrected chi connectivity index (χ1v) is 9.18. The molecule has 0 aliphatic carbocycles. The maximum absolute atomic E-state index is 13.2. The molecule has 0 amide bonds. The molecule has 1 unspecified atom stereocenters. The number of hydrogen-bond acceptors (Lipinski definition) is 4. The molecule has 0 radical (unpaired) electrons. The summed E-state index contributed by atoms with van der Waals surface area (Å²) in [5.74, 6) is 0.149. The third kappa shape index (κ3) is 3.73. The number of nitrogens with zero attached hydrogens (tertiary/aromatic N) is 3. The highest BCUT2D eigenvalue weighted by Crippen LogP contribution is 2.32. The summed E-state index contributed by atoms with van der Waals surface area (Å²) in [5, 5.41) is 0. The first-order valence-electron chi connectivity index (χ1n) is 7.57. The Morgan fingerprint density at radius 2 is 2.00 bits per heavy atom. The summed E-state index contributed by atoms with van der Waals surface area (Å²) in [6.45, 7) is 0.481. The number of hydrogen-bond donors (Lipinski definition) is 0. The molecule has 1 aliphatic heterocycles. The molecule has 5 nitrogen and oxygen atoms in total. The van der Waals surface area contributed by atoms with Crippen LogP contribution in [-0.2, 0) is 16.4 Å². The second-order valence-electron chi connectivity index (χ2n) is 5.57. The van der Waals surface area contributed by atoms with Crippen molar-refractivity contribution >= 4 is 10.0 Å². The van der Waals surface area contributed by atoms with E-state index in [0.29, 0.717) is 24.4 Å². The molecule has 1 aliphatic rings. The van der Waals surface area contributed by atoms with Crippen molar-refractivity contribution in [2.75, 3.05) is 12.3 Å². The SMILES string of the molecule is O=S(=O)(CCc1cccc(F)c1)N1CCCC1c1ncccn1. The van der Waals surface area contributed by atoms with Gasteiger partial charge in [0, 0.05) is 18.9 Å². The largest absolute Gasteiger partial charge is 0.240 e. The maximum Gasteiger partial charge on any atom is 0.215 e. The van der Waals surface area contributed by atoms with Crippen LogP contribution in [0, 0.1) is 5.82 Å². The highest BCUT2D eigenvalue weighted by Gasteiger charge is 2.36. The van der Waals surface area contributed by atoms with Gasteiger partial charge in [0.25, 0.3) is 0 Å². The van der Waals surface area contributed by atoms with E-state index in [9.17, 15) is 12.8 Å². The zero-order chi connectivity index (χ0) is 16.3. The minimum Gasteiger partial charge on any atom is -0.240 e. The fourth-order valence-corrected chi connectivity index (χ4v) is 4.59. The molecular formula is C16H18FN3O2S. The molecular weight excluding hydrogens is 317 g/mol. The van der Waals surface area contributed by atoms with Gasteiger partial charge in [0.2, 0.25) is 10.0 Å². The van der Waals surface area contributed by atoms with Crippen LogP contribution in [0.15, 0.2) is 42.7 Å². The van der Waals surface area contributed by atoms with E-state index in [1.54, 1.807) is 30.6 Å². The third-order valence-corrected chi connectivity index (χ3v) is 5.85. The van der Waals surface area contributed by atoms with Crippen LogP contribution in [0.1, 0.15) is 30.3 Å². The number of rotatable bonds is 5. The van der Waals surface area contributed by atoms with Gasteiger partial charge in [-0.15, -0.1) is 0 Å². The zero-order valence-electron chi connectivity index (χ0n) is 12.6. The lowest BCUT2D eigenvalue weighted by Crippen LogP contribution is -2.34. The minimum absolute atomic E-state index is 0.0419. The molecule has 0 spiro atoms. The van der Waals surface area contributed by atoms with Crippen molar-refractivity contribution < 1.29 is 12.8 Å². The lowest BCUT2D eigenvalue weighted by molar-refractivity contribution is 0.383. The molecule has 2 heterocycles. The van der Waals surface area contributed by atoms with Gasteiger partial charge < -0.3 is 0 Å². The van der Waals surface area contributed by atoms with Gasteiger partial charge in [-0.3, -0.25) is 0 Å². The topological polar surface area (TPSA) is 63.2 Å². The molecule has 1 atom stereocenters. The van der Waals surface area contributed by atoms with E-state index >= 15 is 0 Å². The van der Waals surface area contributed by atoms with Crippen LogP contribution in [0.2, 0.25) is 0 Å². The number of sulfonamides is 1. The molecule has 1 aromatic carbocycles. The van der Waals surface area contributed by atoms with Gasteiger partial charge in [-0.05, 0) is 43.0 Å². The van der Waals surface area contributed by atoms with Crippen LogP contribution < -0.4 is 0 Å². The summed E-state index contributed by atoms with van der Waals surface area (Å²) < 4.78 is 40.0. The Morgan fingerprint density at radius 1 is 1.22 bits per heavy atom. The Bertz CT molecular complexity index is 768. The van der Waals surface area contributed by atoms with Crippen molar-refractivity contribution in [1.82, 2.24) is 14.3 Å². The van der Waals surface area contributed by atoms with Gasteiger partial charge in [-0.1, -0.05) is 12.1 Å². The van der Waals surface area contributed by atoms with Crippen LogP contribution in [0.3, 0.4) is 0 Å². The molecule has 1 saturated heterocycles. The van der Waals surface area contributed by atoms with E-state index in [2.05, 4.69) is 9.97 Å². The molecule has 0 saturated carbocycles. The van der Waals surface area contributed by atoms with E-state index in [-0.39, 0.29) is 17.6 Å². The number of aryl methyl sites for hydroxylation is 1. The van der Waals surface area contributed by atoms with E-state index in [0.717, 1.165) is 12.8 Å². The van der Waals surface area contributed by atoms with Crippen molar-refractivity contribution in [1.29, 1.82) is 0 Å². The van der Waals surface area contributed by atoms with Gasteiger partial charge in [0.1, 0.15) is 11.6 Å². The van der Waals surface area contributed by atoms with Crippen molar-refractivity contribution in [3.63, 3.8) is 0 Å². The molecule has 0 bridgehead atoms. The second kappa shape index (κ2) is 6.72. The van der Waals surface area contributed by atoms with Crippen LogP contribution in [0.5, 0.6) is 0 Å². The maximum atomic E-state index is 13.2. The van der Waals surface area contributed by atoms with Crippen LogP contribution in [0.25, 0.3) is 0 Å². The standard InChI is InChI=1S/C16H18FN3O2S/c17-14-5-1-4-13(12-14)7-11-23(21,22)20-10-2-6-15(20)16-18-8-3-9-19-16/h1,3-5,8-9,12,15H,2,6-7,10-11H2. The number of benzene rings is 1. The fraction of sp³-hybridized carbons (Fsp3) is 0.375. The Labute approximate surface area is 135 Å².